The molecule has 0 radical (unpaired) electrons. The van der Waals surface area contributed by atoms with E-state index in [0.717, 1.165) is 50.2 Å². The van der Waals surface area contributed by atoms with Crippen LogP contribution in [0, 0.1) is 5.92 Å². The molecule has 1 fully saturated rings. The lowest BCUT2D eigenvalue weighted by molar-refractivity contribution is 0.158. The lowest BCUT2D eigenvalue weighted by atomic mass is 9.95. The molecule has 0 saturated carbocycles. The summed E-state index contributed by atoms with van der Waals surface area (Å²) in [5, 5.41) is 4.10. The van der Waals surface area contributed by atoms with Crippen molar-refractivity contribution in [3.63, 3.8) is 0 Å². The van der Waals surface area contributed by atoms with Gasteiger partial charge < -0.3 is 10.3 Å². The highest BCUT2D eigenvalue weighted by molar-refractivity contribution is 5.85. The summed E-state index contributed by atoms with van der Waals surface area (Å²) < 4.78 is 5.34. The van der Waals surface area contributed by atoms with Crippen molar-refractivity contribution in [2.75, 3.05) is 19.6 Å². The number of nitrogens with two attached hydrogens (primary N) is 1. The number of hydrogen-bond acceptors (Lipinski definition) is 5. The maximum Gasteiger partial charge on any atom is 0.232 e. The predicted molar refractivity (Wildman–Crippen MR) is 81.9 cm³/mol. The second kappa shape index (κ2) is 7.38. The number of aromatic nitrogens is 2. The molecule has 0 bridgehead atoms. The van der Waals surface area contributed by atoms with Crippen LogP contribution in [0.2, 0.25) is 0 Å². The van der Waals surface area contributed by atoms with Crippen molar-refractivity contribution in [1.82, 2.24) is 15.0 Å². The SMILES string of the molecule is CC(C)(C)c1nc(CN2CCCC(CCN)C2)no1.Cl. The molecule has 20 heavy (non-hydrogen) atoms. The Balaban J connectivity index is 0.00000200. The third-order valence-corrected chi connectivity index (χ3v) is 3.65. The summed E-state index contributed by atoms with van der Waals surface area (Å²) in [5.41, 5.74) is 5.58. The molecule has 1 unspecified atom stereocenters. The van der Waals surface area contributed by atoms with Gasteiger partial charge in [-0.15, -0.1) is 12.4 Å². The van der Waals surface area contributed by atoms with Gasteiger partial charge in [0.05, 0.1) is 6.54 Å². The molecule has 116 valence electrons. The highest BCUT2D eigenvalue weighted by Crippen LogP contribution is 2.22. The van der Waals surface area contributed by atoms with Crippen molar-refractivity contribution >= 4 is 12.4 Å². The second-order valence-corrected chi connectivity index (χ2v) is 6.59. The highest BCUT2D eigenvalue weighted by atomic mass is 35.5. The molecule has 1 aliphatic rings. The number of nitrogens with zero attached hydrogens (tertiary/aromatic N) is 3. The van der Waals surface area contributed by atoms with Crippen LogP contribution >= 0.6 is 12.4 Å². The van der Waals surface area contributed by atoms with Crippen LogP contribution in [-0.4, -0.2) is 34.7 Å². The summed E-state index contributed by atoms with van der Waals surface area (Å²) in [7, 11) is 0. The third-order valence-electron chi connectivity index (χ3n) is 3.65. The lowest BCUT2D eigenvalue weighted by Crippen LogP contribution is -2.36. The molecule has 6 heteroatoms. The van der Waals surface area contributed by atoms with Crippen molar-refractivity contribution in [2.24, 2.45) is 11.7 Å². The van der Waals surface area contributed by atoms with E-state index >= 15 is 0 Å². The fraction of sp³-hybridized carbons (Fsp3) is 0.857. The minimum absolute atomic E-state index is 0. The maximum atomic E-state index is 5.65. The van der Waals surface area contributed by atoms with Gasteiger partial charge in [-0.2, -0.15) is 4.98 Å². The first-order valence-electron chi connectivity index (χ1n) is 7.24. The molecule has 1 aromatic heterocycles. The molecular formula is C14H27ClN4O. The molecule has 0 aliphatic carbocycles. The Bertz CT molecular complexity index is 400. The van der Waals surface area contributed by atoms with Gasteiger partial charge in [0.25, 0.3) is 0 Å². The van der Waals surface area contributed by atoms with Crippen molar-refractivity contribution in [3.05, 3.63) is 11.7 Å². The van der Waals surface area contributed by atoms with E-state index in [1.807, 2.05) is 0 Å². The van der Waals surface area contributed by atoms with Crippen LogP contribution in [0.15, 0.2) is 4.52 Å². The summed E-state index contributed by atoms with van der Waals surface area (Å²) >= 11 is 0. The van der Waals surface area contributed by atoms with Gasteiger partial charge in [-0.05, 0) is 38.3 Å². The van der Waals surface area contributed by atoms with Crippen molar-refractivity contribution in [2.45, 2.75) is 52.0 Å². The summed E-state index contributed by atoms with van der Waals surface area (Å²) in [6, 6.07) is 0. The Labute approximate surface area is 127 Å². The van der Waals surface area contributed by atoms with Crippen LogP contribution in [-0.2, 0) is 12.0 Å². The van der Waals surface area contributed by atoms with Gasteiger partial charge in [-0.3, -0.25) is 4.90 Å². The lowest BCUT2D eigenvalue weighted by Gasteiger charge is -2.31. The molecule has 2 rings (SSSR count). The standard InChI is InChI=1S/C14H26N4O.ClH/c1-14(2,3)13-16-12(17-19-13)10-18-8-4-5-11(9-18)6-7-15;/h11H,4-10,15H2,1-3H3;1H. The molecular weight excluding hydrogens is 276 g/mol. The molecule has 1 aliphatic heterocycles. The number of rotatable bonds is 4. The summed E-state index contributed by atoms with van der Waals surface area (Å²) in [5.74, 6) is 2.25. The van der Waals surface area contributed by atoms with E-state index in [1.165, 1.54) is 12.8 Å². The van der Waals surface area contributed by atoms with Gasteiger partial charge in [0.2, 0.25) is 5.89 Å². The van der Waals surface area contributed by atoms with Gasteiger partial charge in [0, 0.05) is 12.0 Å². The molecule has 0 aromatic carbocycles. The first-order chi connectivity index (χ1) is 8.99. The Morgan fingerprint density at radius 3 is 2.75 bits per heavy atom. The van der Waals surface area contributed by atoms with Crippen LogP contribution in [0.3, 0.4) is 0 Å². The van der Waals surface area contributed by atoms with E-state index in [-0.39, 0.29) is 17.8 Å². The maximum absolute atomic E-state index is 5.65. The van der Waals surface area contributed by atoms with Crippen molar-refractivity contribution in [3.8, 4) is 0 Å². The quantitative estimate of drug-likeness (QED) is 0.924. The summed E-state index contributed by atoms with van der Waals surface area (Å²) in [6.45, 7) is 10.1. The summed E-state index contributed by atoms with van der Waals surface area (Å²) in [4.78, 5) is 6.92. The van der Waals surface area contributed by atoms with Crippen LogP contribution < -0.4 is 5.73 Å². The van der Waals surface area contributed by atoms with E-state index < -0.39 is 0 Å². The van der Waals surface area contributed by atoms with E-state index in [9.17, 15) is 0 Å². The second-order valence-electron chi connectivity index (χ2n) is 6.59. The largest absolute Gasteiger partial charge is 0.339 e. The Morgan fingerprint density at radius 2 is 2.15 bits per heavy atom. The first kappa shape index (κ1) is 17.4. The topological polar surface area (TPSA) is 68.2 Å². The van der Waals surface area contributed by atoms with E-state index in [4.69, 9.17) is 10.3 Å². The van der Waals surface area contributed by atoms with E-state index in [2.05, 4.69) is 35.8 Å². The average molecular weight is 303 g/mol. The molecule has 5 nitrogen and oxygen atoms in total. The number of piperidine rings is 1. The van der Waals surface area contributed by atoms with Gasteiger partial charge in [-0.25, -0.2) is 0 Å². The highest BCUT2D eigenvalue weighted by Gasteiger charge is 2.24. The first-order valence-corrected chi connectivity index (χ1v) is 7.24. The molecule has 0 spiro atoms. The molecule has 2 heterocycles. The third kappa shape index (κ3) is 4.72. The van der Waals surface area contributed by atoms with Crippen LogP contribution in [0.4, 0.5) is 0 Å². The van der Waals surface area contributed by atoms with Gasteiger partial charge in [0.15, 0.2) is 5.82 Å². The number of hydrogen-bond donors (Lipinski definition) is 1. The smallest absolute Gasteiger partial charge is 0.232 e. The summed E-state index contributed by atoms with van der Waals surface area (Å²) in [6.07, 6.45) is 3.66. The number of likely N-dealkylation sites (tertiary alicyclic amines) is 1. The molecule has 2 N–H and O–H groups in total. The monoisotopic (exact) mass is 302 g/mol. The van der Waals surface area contributed by atoms with E-state index in [0.29, 0.717) is 0 Å². The van der Waals surface area contributed by atoms with Crippen molar-refractivity contribution in [1.29, 1.82) is 0 Å². The Morgan fingerprint density at radius 1 is 1.40 bits per heavy atom. The minimum atomic E-state index is -0.0742. The molecule has 0 amide bonds. The van der Waals surface area contributed by atoms with Crippen molar-refractivity contribution < 1.29 is 4.52 Å². The Hall–Kier alpha value is -0.650. The minimum Gasteiger partial charge on any atom is -0.339 e. The predicted octanol–water partition coefficient (Wildman–Crippen LogP) is 2.35. The fourth-order valence-electron chi connectivity index (χ4n) is 2.59. The van der Waals surface area contributed by atoms with Gasteiger partial charge >= 0.3 is 0 Å². The fourth-order valence-corrected chi connectivity index (χ4v) is 2.59. The molecule has 1 atom stereocenters. The number of halogens is 1. The molecule has 1 aromatic rings. The van der Waals surface area contributed by atoms with Gasteiger partial charge in [-0.1, -0.05) is 25.9 Å². The van der Waals surface area contributed by atoms with Crippen LogP contribution in [0.5, 0.6) is 0 Å². The zero-order valence-corrected chi connectivity index (χ0v) is 13.6. The van der Waals surface area contributed by atoms with E-state index in [1.54, 1.807) is 0 Å². The van der Waals surface area contributed by atoms with Gasteiger partial charge in [0.1, 0.15) is 0 Å². The molecule has 1 saturated heterocycles. The van der Waals surface area contributed by atoms with Crippen LogP contribution in [0.1, 0.15) is 51.7 Å². The zero-order valence-electron chi connectivity index (χ0n) is 12.8. The normalized spacial score (nSPS) is 20.7. The average Bonchev–Trinajstić information content (AvgIpc) is 2.78. The Kier molecular flexibility index (Phi) is 6.43. The zero-order chi connectivity index (χ0) is 13.9. The van der Waals surface area contributed by atoms with Crippen LogP contribution in [0.25, 0.3) is 0 Å².